The number of halogens is 1. The van der Waals surface area contributed by atoms with Gasteiger partial charge in [0.1, 0.15) is 11.6 Å². The van der Waals surface area contributed by atoms with Gasteiger partial charge in [0.2, 0.25) is 5.91 Å². The molecule has 146 valence electrons. The minimum atomic E-state index is -0.687. The van der Waals surface area contributed by atoms with E-state index < -0.39 is 11.2 Å². The number of carbonyl (C=O) groups excluding carboxylic acids is 1. The number of amides is 1. The maximum absolute atomic E-state index is 13.1. The summed E-state index contributed by atoms with van der Waals surface area (Å²) in [7, 11) is 0. The van der Waals surface area contributed by atoms with Gasteiger partial charge in [-0.15, -0.1) is 0 Å². The number of aromatic nitrogens is 2. The summed E-state index contributed by atoms with van der Waals surface area (Å²) in [6.07, 6.45) is 2.12. The summed E-state index contributed by atoms with van der Waals surface area (Å²) in [6.45, 7) is 4.48. The van der Waals surface area contributed by atoms with Crippen LogP contribution in [0.3, 0.4) is 0 Å². The summed E-state index contributed by atoms with van der Waals surface area (Å²) in [4.78, 5) is 40.9. The second kappa shape index (κ2) is 9.16. The molecule has 0 aliphatic carbocycles. The van der Waals surface area contributed by atoms with Gasteiger partial charge in [-0.1, -0.05) is 32.4 Å². The normalized spacial score (nSPS) is 10.8. The lowest BCUT2D eigenvalue weighted by Crippen LogP contribution is -2.42. The van der Waals surface area contributed by atoms with Gasteiger partial charge in [0.05, 0.1) is 6.42 Å². The summed E-state index contributed by atoms with van der Waals surface area (Å²) >= 11 is 0. The van der Waals surface area contributed by atoms with Crippen LogP contribution in [0.2, 0.25) is 0 Å². The quantitative estimate of drug-likeness (QED) is 0.736. The fourth-order valence-electron chi connectivity index (χ4n) is 2.83. The number of nitrogen functional groups attached to an aromatic ring is 1. The van der Waals surface area contributed by atoms with Crippen LogP contribution in [0.15, 0.2) is 33.9 Å². The Morgan fingerprint density at radius 3 is 2.44 bits per heavy atom. The Balaban J connectivity index is 2.45. The standard InChI is InChI=1S/C19H25FN4O3/c1-3-5-11-23(15(25)12-13-6-8-14(20)9-7-13)16-17(21)24(10-4-2)19(27)22-18(16)26/h6-9H,3-5,10-12,21H2,1-2H3,(H,22,26,27). The van der Waals surface area contributed by atoms with Crippen LogP contribution in [0.4, 0.5) is 15.9 Å². The molecular formula is C19H25FN4O3. The number of anilines is 2. The van der Waals surface area contributed by atoms with Gasteiger partial charge in [-0.3, -0.25) is 19.1 Å². The number of rotatable bonds is 8. The van der Waals surface area contributed by atoms with Crippen LogP contribution in [0.5, 0.6) is 0 Å². The third kappa shape index (κ3) is 4.84. The summed E-state index contributed by atoms with van der Waals surface area (Å²) in [5.74, 6) is -0.746. The van der Waals surface area contributed by atoms with Gasteiger partial charge in [0.25, 0.3) is 5.56 Å². The van der Waals surface area contributed by atoms with Gasteiger partial charge >= 0.3 is 5.69 Å². The third-order valence-electron chi connectivity index (χ3n) is 4.24. The number of nitrogens with zero attached hydrogens (tertiary/aromatic N) is 2. The maximum Gasteiger partial charge on any atom is 0.330 e. The van der Waals surface area contributed by atoms with Crippen LogP contribution in [-0.4, -0.2) is 22.0 Å². The first-order valence-corrected chi connectivity index (χ1v) is 9.06. The molecule has 1 aromatic carbocycles. The highest BCUT2D eigenvalue weighted by molar-refractivity contribution is 5.96. The Morgan fingerprint density at radius 1 is 1.19 bits per heavy atom. The molecule has 1 aromatic heterocycles. The summed E-state index contributed by atoms with van der Waals surface area (Å²) < 4.78 is 14.3. The van der Waals surface area contributed by atoms with E-state index in [0.717, 1.165) is 6.42 Å². The van der Waals surface area contributed by atoms with Crippen molar-refractivity contribution in [2.24, 2.45) is 0 Å². The van der Waals surface area contributed by atoms with E-state index in [1.807, 2.05) is 13.8 Å². The van der Waals surface area contributed by atoms with Crippen molar-refractivity contribution >= 4 is 17.4 Å². The molecule has 0 spiro atoms. The first kappa shape index (κ1) is 20.4. The van der Waals surface area contributed by atoms with Crippen LogP contribution >= 0.6 is 0 Å². The van der Waals surface area contributed by atoms with Gasteiger partial charge in [0.15, 0.2) is 5.69 Å². The molecular weight excluding hydrogens is 351 g/mol. The van der Waals surface area contributed by atoms with Gasteiger partial charge in [-0.05, 0) is 30.5 Å². The average Bonchev–Trinajstić information content (AvgIpc) is 2.63. The Labute approximate surface area is 156 Å². The lowest BCUT2D eigenvalue weighted by molar-refractivity contribution is -0.118. The minimum Gasteiger partial charge on any atom is -0.383 e. The highest BCUT2D eigenvalue weighted by Crippen LogP contribution is 2.19. The number of benzene rings is 1. The van der Waals surface area contributed by atoms with E-state index in [4.69, 9.17) is 5.73 Å². The summed E-state index contributed by atoms with van der Waals surface area (Å²) in [5.41, 5.74) is 5.43. The molecule has 0 unspecified atom stereocenters. The van der Waals surface area contributed by atoms with Crippen molar-refractivity contribution < 1.29 is 9.18 Å². The van der Waals surface area contributed by atoms with Crippen LogP contribution in [-0.2, 0) is 17.8 Å². The lowest BCUT2D eigenvalue weighted by Gasteiger charge is -2.24. The van der Waals surface area contributed by atoms with E-state index in [9.17, 15) is 18.8 Å². The number of nitrogens with two attached hydrogens (primary N) is 1. The number of hydrogen-bond acceptors (Lipinski definition) is 4. The molecule has 2 rings (SSSR count). The largest absolute Gasteiger partial charge is 0.383 e. The van der Waals surface area contributed by atoms with Gasteiger partial charge in [-0.25, -0.2) is 9.18 Å². The zero-order valence-electron chi connectivity index (χ0n) is 15.6. The highest BCUT2D eigenvalue weighted by Gasteiger charge is 2.23. The van der Waals surface area contributed by atoms with E-state index >= 15 is 0 Å². The van der Waals surface area contributed by atoms with Crippen LogP contribution in [0.25, 0.3) is 0 Å². The van der Waals surface area contributed by atoms with E-state index in [2.05, 4.69) is 4.98 Å². The molecule has 0 atom stereocenters. The predicted octanol–water partition coefficient (Wildman–Crippen LogP) is 2.04. The van der Waals surface area contributed by atoms with Crippen molar-refractivity contribution in [3.05, 3.63) is 56.5 Å². The van der Waals surface area contributed by atoms with Gasteiger partial charge < -0.3 is 10.6 Å². The lowest BCUT2D eigenvalue weighted by atomic mass is 10.1. The molecule has 0 radical (unpaired) electrons. The van der Waals surface area contributed by atoms with E-state index in [1.165, 1.54) is 33.7 Å². The molecule has 0 saturated carbocycles. The van der Waals surface area contributed by atoms with Gasteiger partial charge in [-0.2, -0.15) is 0 Å². The Hall–Kier alpha value is -2.90. The smallest absolute Gasteiger partial charge is 0.330 e. The fourth-order valence-corrected chi connectivity index (χ4v) is 2.83. The van der Waals surface area contributed by atoms with Crippen LogP contribution in [0, 0.1) is 5.82 Å². The molecule has 3 N–H and O–H groups in total. The average molecular weight is 376 g/mol. The summed E-state index contributed by atoms with van der Waals surface area (Å²) in [6, 6.07) is 5.61. The number of hydrogen-bond donors (Lipinski definition) is 2. The van der Waals surface area contributed by atoms with Crippen molar-refractivity contribution in [1.29, 1.82) is 0 Å². The maximum atomic E-state index is 13.1. The minimum absolute atomic E-state index is 0.00419. The molecule has 1 amide bonds. The molecule has 0 fully saturated rings. The summed E-state index contributed by atoms with van der Waals surface area (Å²) in [5, 5.41) is 0. The first-order valence-electron chi connectivity index (χ1n) is 9.06. The SMILES string of the molecule is CCCCN(C(=O)Cc1ccc(F)cc1)c1c(N)n(CCC)c(=O)[nH]c1=O. The zero-order chi connectivity index (χ0) is 20.0. The van der Waals surface area contributed by atoms with Crippen molar-refractivity contribution in [3.8, 4) is 0 Å². The van der Waals surface area contributed by atoms with Crippen molar-refractivity contribution in [2.45, 2.75) is 46.1 Å². The Bertz CT molecular complexity index is 903. The van der Waals surface area contributed by atoms with E-state index in [1.54, 1.807) is 0 Å². The Kier molecular flexibility index (Phi) is 6.92. The van der Waals surface area contributed by atoms with Crippen molar-refractivity contribution in [3.63, 3.8) is 0 Å². The van der Waals surface area contributed by atoms with Gasteiger partial charge in [0, 0.05) is 13.1 Å². The molecule has 1 heterocycles. The second-order valence-corrected chi connectivity index (χ2v) is 6.35. The molecule has 0 saturated heterocycles. The van der Waals surface area contributed by atoms with Crippen LogP contribution in [0.1, 0.15) is 38.7 Å². The molecule has 0 aliphatic heterocycles. The molecule has 2 aromatic rings. The fraction of sp³-hybridized carbons (Fsp3) is 0.421. The second-order valence-electron chi connectivity index (χ2n) is 6.35. The topological polar surface area (TPSA) is 101 Å². The molecule has 0 aliphatic rings. The highest BCUT2D eigenvalue weighted by atomic mass is 19.1. The van der Waals surface area contributed by atoms with Crippen LogP contribution < -0.4 is 21.9 Å². The zero-order valence-corrected chi connectivity index (χ0v) is 15.6. The third-order valence-corrected chi connectivity index (χ3v) is 4.24. The number of aromatic amines is 1. The van der Waals surface area contributed by atoms with E-state index in [0.29, 0.717) is 31.5 Å². The Morgan fingerprint density at radius 2 is 1.85 bits per heavy atom. The number of unbranched alkanes of at least 4 members (excludes halogenated alkanes) is 1. The van der Waals surface area contributed by atoms with Crippen molar-refractivity contribution in [1.82, 2.24) is 9.55 Å². The van der Waals surface area contributed by atoms with E-state index in [-0.39, 0.29) is 29.7 Å². The molecule has 7 nitrogen and oxygen atoms in total. The number of H-pyrrole nitrogens is 1. The predicted molar refractivity (Wildman–Crippen MR) is 103 cm³/mol. The first-order chi connectivity index (χ1) is 12.9. The molecule has 8 heteroatoms. The monoisotopic (exact) mass is 376 g/mol. The molecule has 0 bridgehead atoms. The number of carbonyl (C=O) groups is 1. The molecule has 27 heavy (non-hydrogen) atoms. The van der Waals surface area contributed by atoms with Crippen molar-refractivity contribution in [2.75, 3.05) is 17.2 Å². The number of nitrogens with one attached hydrogen (secondary N) is 1.